The van der Waals surface area contributed by atoms with Gasteiger partial charge in [0, 0.05) is 19.4 Å². The van der Waals surface area contributed by atoms with Crippen LogP contribution in [0, 0.1) is 6.92 Å². The van der Waals surface area contributed by atoms with E-state index in [9.17, 15) is 19.2 Å². The van der Waals surface area contributed by atoms with Crippen molar-refractivity contribution >= 4 is 24.1 Å². The van der Waals surface area contributed by atoms with Crippen LogP contribution in [0.5, 0.6) is 0 Å². The van der Waals surface area contributed by atoms with Gasteiger partial charge < -0.3 is 14.2 Å². The minimum Gasteiger partial charge on any atom is -0.445 e. The molecule has 1 rings (SSSR count). The highest BCUT2D eigenvalue weighted by atomic mass is 16.8. The first-order chi connectivity index (χ1) is 9.81. The summed E-state index contributed by atoms with van der Waals surface area (Å²) in [4.78, 5) is 44.7. The molecule has 0 radical (unpaired) electrons. The molecule has 0 saturated carbocycles. The van der Waals surface area contributed by atoms with Crippen LogP contribution in [0.3, 0.4) is 0 Å². The van der Waals surface area contributed by atoms with Gasteiger partial charge in [-0.05, 0) is 12.5 Å². The Morgan fingerprint density at radius 3 is 2.10 bits per heavy atom. The Labute approximate surface area is 120 Å². The number of carbonyl (C=O) groups excluding carboxylic acids is 4. The first-order valence-electron chi connectivity index (χ1n) is 5.98. The van der Waals surface area contributed by atoms with Crippen LogP contribution >= 0.6 is 0 Å². The van der Waals surface area contributed by atoms with Gasteiger partial charge in [0.25, 0.3) is 0 Å². The maximum absolute atomic E-state index is 11.9. The number of esters is 3. The van der Waals surface area contributed by atoms with E-state index in [1.54, 1.807) is 31.2 Å². The SMILES string of the molecule is CC(=O)OC(=O)OC(=O)C(OC(C)=O)c1ccccc1C. The summed E-state index contributed by atoms with van der Waals surface area (Å²) in [5.41, 5.74) is 1.04. The average molecular weight is 294 g/mol. The highest BCUT2D eigenvalue weighted by molar-refractivity contribution is 5.90. The fraction of sp³-hybridized carbons (Fsp3) is 0.286. The predicted molar refractivity (Wildman–Crippen MR) is 68.9 cm³/mol. The summed E-state index contributed by atoms with van der Waals surface area (Å²) in [6.07, 6.45) is -2.89. The molecule has 0 fully saturated rings. The molecule has 1 aromatic rings. The Morgan fingerprint density at radius 2 is 1.57 bits per heavy atom. The van der Waals surface area contributed by atoms with Crippen LogP contribution in [-0.2, 0) is 28.6 Å². The first-order valence-corrected chi connectivity index (χ1v) is 5.98. The van der Waals surface area contributed by atoms with E-state index < -0.39 is 30.2 Å². The van der Waals surface area contributed by atoms with Crippen LogP contribution in [0.25, 0.3) is 0 Å². The standard InChI is InChI=1S/C14H14O7/c1-8-6-4-5-7-11(8)12(19-9(2)15)13(17)21-14(18)20-10(3)16/h4-7,12H,1-3H3. The summed E-state index contributed by atoms with van der Waals surface area (Å²) < 4.78 is 13.3. The monoisotopic (exact) mass is 294 g/mol. The Bertz CT molecular complexity index is 576. The molecule has 0 N–H and O–H groups in total. The summed E-state index contributed by atoms with van der Waals surface area (Å²) >= 11 is 0. The van der Waals surface area contributed by atoms with E-state index in [2.05, 4.69) is 9.47 Å². The summed E-state index contributed by atoms with van der Waals surface area (Å²) in [7, 11) is 0. The van der Waals surface area contributed by atoms with Crippen molar-refractivity contribution < 1.29 is 33.4 Å². The molecule has 1 aromatic carbocycles. The smallest absolute Gasteiger partial charge is 0.445 e. The number of hydrogen-bond donors (Lipinski definition) is 0. The lowest BCUT2D eigenvalue weighted by Gasteiger charge is -2.16. The highest BCUT2D eigenvalue weighted by Gasteiger charge is 2.29. The van der Waals surface area contributed by atoms with E-state index in [1.807, 2.05) is 0 Å². The number of hydrogen-bond acceptors (Lipinski definition) is 7. The molecule has 0 heterocycles. The Morgan fingerprint density at radius 1 is 0.952 bits per heavy atom. The number of rotatable bonds is 3. The largest absolute Gasteiger partial charge is 0.524 e. The van der Waals surface area contributed by atoms with Gasteiger partial charge in [0.05, 0.1) is 0 Å². The van der Waals surface area contributed by atoms with Crippen molar-refractivity contribution in [3.8, 4) is 0 Å². The summed E-state index contributed by atoms with van der Waals surface area (Å²) in [5, 5.41) is 0. The normalized spacial score (nSPS) is 11.2. The molecule has 0 aliphatic heterocycles. The second-order valence-corrected chi connectivity index (χ2v) is 4.11. The van der Waals surface area contributed by atoms with E-state index in [0.29, 0.717) is 11.1 Å². The summed E-state index contributed by atoms with van der Waals surface area (Å²) in [5.74, 6) is -2.79. The van der Waals surface area contributed by atoms with E-state index in [1.165, 1.54) is 0 Å². The predicted octanol–water partition coefficient (Wildman–Crippen LogP) is 1.83. The molecule has 0 spiro atoms. The lowest BCUT2D eigenvalue weighted by atomic mass is 10.0. The number of ether oxygens (including phenoxy) is 3. The minimum absolute atomic E-state index is 0.369. The molecule has 1 atom stereocenters. The van der Waals surface area contributed by atoms with Gasteiger partial charge in [-0.2, -0.15) is 0 Å². The van der Waals surface area contributed by atoms with Crippen molar-refractivity contribution in [2.75, 3.05) is 0 Å². The van der Waals surface area contributed by atoms with Crippen molar-refractivity contribution in [2.45, 2.75) is 26.9 Å². The summed E-state index contributed by atoms with van der Waals surface area (Å²) in [6, 6.07) is 6.63. The Hall–Kier alpha value is -2.70. The molecular formula is C14H14O7. The lowest BCUT2D eigenvalue weighted by Crippen LogP contribution is -2.25. The van der Waals surface area contributed by atoms with Crippen LogP contribution in [0.2, 0.25) is 0 Å². The first kappa shape index (κ1) is 16.4. The molecule has 0 aliphatic rings. The van der Waals surface area contributed by atoms with Gasteiger partial charge in [0.1, 0.15) is 0 Å². The molecule has 112 valence electrons. The zero-order chi connectivity index (χ0) is 16.0. The second-order valence-electron chi connectivity index (χ2n) is 4.11. The molecule has 7 heteroatoms. The third-order valence-electron chi connectivity index (χ3n) is 2.38. The molecular weight excluding hydrogens is 280 g/mol. The quantitative estimate of drug-likeness (QED) is 0.619. The molecule has 1 unspecified atom stereocenters. The van der Waals surface area contributed by atoms with Gasteiger partial charge >= 0.3 is 24.1 Å². The molecule has 21 heavy (non-hydrogen) atoms. The minimum atomic E-state index is -1.47. The van der Waals surface area contributed by atoms with Gasteiger partial charge in [-0.1, -0.05) is 24.3 Å². The fourth-order valence-corrected chi connectivity index (χ4v) is 1.56. The molecule has 7 nitrogen and oxygen atoms in total. The van der Waals surface area contributed by atoms with E-state index in [-0.39, 0.29) is 0 Å². The second kappa shape index (κ2) is 7.18. The fourth-order valence-electron chi connectivity index (χ4n) is 1.56. The number of benzene rings is 1. The Kier molecular flexibility index (Phi) is 5.59. The molecule has 0 bridgehead atoms. The van der Waals surface area contributed by atoms with E-state index in [4.69, 9.17) is 4.74 Å². The van der Waals surface area contributed by atoms with E-state index in [0.717, 1.165) is 13.8 Å². The van der Waals surface area contributed by atoms with Crippen LogP contribution < -0.4 is 0 Å². The van der Waals surface area contributed by atoms with Crippen LogP contribution in [0.4, 0.5) is 4.79 Å². The van der Waals surface area contributed by atoms with Crippen LogP contribution in [0.1, 0.15) is 31.1 Å². The van der Waals surface area contributed by atoms with Crippen molar-refractivity contribution in [1.82, 2.24) is 0 Å². The van der Waals surface area contributed by atoms with Gasteiger partial charge in [-0.15, -0.1) is 0 Å². The third kappa shape index (κ3) is 5.06. The van der Waals surface area contributed by atoms with Crippen molar-refractivity contribution in [3.63, 3.8) is 0 Å². The van der Waals surface area contributed by atoms with Crippen molar-refractivity contribution in [3.05, 3.63) is 35.4 Å². The van der Waals surface area contributed by atoms with Gasteiger partial charge in [-0.3, -0.25) is 9.59 Å². The summed E-state index contributed by atoms with van der Waals surface area (Å²) in [6.45, 7) is 3.80. The lowest BCUT2D eigenvalue weighted by molar-refractivity contribution is -0.165. The highest BCUT2D eigenvalue weighted by Crippen LogP contribution is 2.23. The number of aryl methyl sites for hydroxylation is 1. The van der Waals surface area contributed by atoms with Gasteiger partial charge in [-0.25, -0.2) is 9.59 Å². The van der Waals surface area contributed by atoms with Crippen molar-refractivity contribution in [2.24, 2.45) is 0 Å². The van der Waals surface area contributed by atoms with Gasteiger partial charge in [0.15, 0.2) is 0 Å². The zero-order valence-corrected chi connectivity index (χ0v) is 11.7. The van der Waals surface area contributed by atoms with Crippen molar-refractivity contribution in [1.29, 1.82) is 0 Å². The zero-order valence-electron chi connectivity index (χ0n) is 11.7. The maximum atomic E-state index is 11.9. The van der Waals surface area contributed by atoms with Gasteiger partial charge in [0.2, 0.25) is 6.10 Å². The van der Waals surface area contributed by atoms with Crippen LogP contribution in [0.15, 0.2) is 24.3 Å². The maximum Gasteiger partial charge on any atom is 0.524 e. The molecule has 0 saturated heterocycles. The third-order valence-corrected chi connectivity index (χ3v) is 2.38. The molecule has 0 aliphatic carbocycles. The molecule has 0 aromatic heterocycles. The Balaban J connectivity index is 2.95. The number of carbonyl (C=O) groups is 4. The van der Waals surface area contributed by atoms with Crippen LogP contribution in [-0.4, -0.2) is 24.1 Å². The topological polar surface area (TPSA) is 96.0 Å². The average Bonchev–Trinajstić information content (AvgIpc) is 2.35. The molecule has 0 amide bonds. The van der Waals surface area contributed by atoms with E-state index >= 15 is 0 Å².